The Morgan fingerprint density at radius 2 is 1.71 bits per heavy atom. The van der Waals surface area contributed by atoms with Crippen LogP contribution in [0.25, 0.3) is 0 Å². The summed E-state index contributed by atoms with van der Waals surface area (Å²) >= 11 is 1.89. The third-order valence-electron chi connectivity index (χ3n) is 5.96. The van der Waals surface area contributed by atoms with Crippen molar-refractivity contribution in [3.05, 3.63) is 40.3 Å². The van der Waals surface area contributed by atoms with Crippen LogP contribution in [0.15, 0.2) is 29.9 Å². The third-order valence-corrected chi connectivity index (χ3v) is 6.82. The van der Waals surface area contributed by atoms with Crippen LogP contribution in [-0.4, -0.2) is 45.8 Å². The molecule has 2 saturated heterocycles. The fourth-order valence-electron chi connectivity index (χ4n) is 4.31. The van der Waals surface area contributed by atoms with E-state index in [-0.39, 0.29) is 0 Å². The van der Waals surface area contributed by atoms with Gasteiger partial charge in [0.05, 0.1) is 6.20 Å². The van der Waals surface area contributed by atoms with Gasteiger partial charge < -0.3 is 0 Å². The minimum absolute atomic E-state index is 0.622. The lowest BCUT2D eigenvalue weighted by Gasteiger charge is -2.47. The first kappa shape index (κ1) is 16.3. The van der Waals surface area contributed by atoms with Crippen molar-refractivity contribution in [3.63, 3.8) is 0 Å². The molecule has 2 aliphatic heterocycles. The SMILES string of the molecule is Cn1cc(CN2CCC3(CC2)CCN(Cc2cccs2)CC3)cn1. The Kier molecular flexibility index (Phi) is 4.74. The van der Waals surface area contributed by atoms with Crippen LogP contribution in [0.4, 0.5) is 0 Å². The number of nitrogens with zero attached hydrogens (tertiary/aromatic N) is 4. The van der Waals surface area contributed by atoms with Crippen molar-refractivity contribution in [2.45, 2.75) is 38.8 Å². The van der Waals surface area contributed by atoms with Crippen LogP contribution >= 0.6 is 11.3 Å². The van der Waals surface area contributed by atoms with Crippen LogP contribution in [0, 0.1) is 5.41 Å². The van der Waals surface area contributed by atoms with Gasteiger partial charge in [0.2, 0.25) is 0 Å². The second-order valence-corrected chi connectivity index (χ2v) is 8.69. The van der Waals surface area contributed by atoms with E-state index in [4.69, 9.17) is 0 Å². The molecule has 24 heavy (non-hydrogen) atoms. The maximum absolute atomic E-state index is 4.29. The van der Waals surface area contributed by atoms with Gasteiger partial charge >= 0.3 is 0 Å². The van der Waals surface area contributed by atoms with Gasteiger partial charge in [-0.25, -0.2) is 0 Å². The number of piperidine rings is 2. The van der Waals surface area contributed by atoms with Gasteiger partial charge in [0.1, 0.15) is 0 Å². The summed E-state index contributed by atoms with van der Waals surface area (Å²) in [6.07, 6.45) is 9.68. The summed E-state index contributed by atoms with van der Waals surface area (Å²) in [6, 6.07) is 4.44. The molecule has 2 aliphatic rings. The van der Waals surface area contributed by atoms with Crippen molar-refractivity contribution in [1.82, 2.24) is 19.6 Å². The average Bonchev–Trinajstić information content (AvgIpc) is 3.24. The lowest BCUT2D eigenvalue weighted by Crippen LogP contribution is -2.46. The number of hydrogen-bond acceptors (Lipinski definition) is 4. The van der Waals surface area contributed by atoms with E-state index in [0.29, 0.717) is 5.41 Å². The van der Waals surface area contributed by atoms with E-state index >= 15 is 0 Å². The summed E-state index contributed by atoms with van der Waals surface area (Å²) in [5.74, 6) is 0. The summed E-state index contributed by atoms with van der Waals surface area (Å²) in [7, 11) is 2.00. The maximum atomic E-state index is 4.29. The Labute approximate surface area is 149 Å². The van der Waals surface area contributed by atoms with E-state index in [1.54, 1.807) is 0 Å². The van der Waals surface area contributed by atoms with E-state index in [9.17, 15) is 0 Å². The monoisotopic (exact) mass is 344 g/mol. The van der Waals surface area contributed by atoms with E-state index in [1.165, 1.54) is 62.3 Å². The summed E-state index contributed by atoms with van der Waals surface area (Å²) in [5.41, 5.74) is 1.97. The fourth-order valence-corrected chi connectivity index (χ4v) is 5.05. The van der Waals surface area contributed by atoms with Crippen molar-refractivity contribution in [2.75, 3.05) is 26.2 Å². The quantitative estimate of drug-likeness (QED) is 0.850. The first-order chi connectivity index (χ1) is 11.7. The molecular formula is C19H28N4S. The molecule has 0 N–H and O–H groups in total. The topological polar surface area (TPSA) is 24.3 Å². The molecule has 5 heteroatoms. The predicted molar refractivity (Wildman–Crippen MR) is 99.0 cm³/mol. The van der Waals surface area contributed by atoms with Gasteiger partial charge in [0, 0.05) is 36.8 Å². The van der Waals surface area contributed by atoms with Crippen molar-refractivity contribution < 1.29 is 0 Å². The Morgan fingerprint density at radius 3 is 2.25 bits per heavy atom. The van der Waals surface area contributed by atoms with Crippen LogP contribution < -0.4 is 0 Å². The Morgan fingerprint density at radius 1 is 1.04 bits per heavy atom. The van der Waals surface area contributed by atoms with Gasteiger partial charge in [-0.3, -0.25) is 14.5 Å². The molecular weight excluding hydrogens is 316 g/mol. The molecule has 1 spiro atoms. The average molecular weight is 345 g/mol. The molecule has 0 amide bonds. The number of aromatic nitrogens is 2. The minimum Gasteiger partial charge on any atom is -0.299 e. The Hall–Kier alpha value is -1.17. The molecule has 130 valence electrons. The lowest BCUT2D eigenvalue weighted by atomic mass is 9.71. The Balaban J connectivity index is 1.25. The summed E-state index contributed by atoms with van der Waals surface area (Å²) in [4.78, 5) is 6.77. The van der Waals surface area contributed by atoms with Crippen LogP contribution in [-0.2, 0) is 20.1 Å². The van der Waals surface area contributed by atoms with E-state index < -0.39 is 0 Å². The van der Waals surface area contributed by atoms with Crippen molar-refractivity contribution >= 4 is 11.3 Å². The summed E-state index contributed by atoms with van der Waals surface area (Å²) in [5, 5.41) is 6.48. The molecule has 0 saturated carbocycles. The highest BCUT2D eigenvalue weighted by atomic mass is 32.1. The van der Waals surface area contributed by atoms with E-state index in [0.717, 1.165) is 13.1 Å². The second-order valence-electron chi connectivity index (χ2n) is 7.65. The van der Waals surface area contributed by atoms with Crippen LogP contribution in [0.3, 0.4) is 0 Å². The van der Waals surface area contributed by atoms with Gasteiger partial charge in [-0.1, -0.05) is 6.07 Å². The van der Waals surface area contributed by atoms with E-state index in [2.05, 4.69) is 38.6 Å². The standard InChI is InChI=1S/C19H28N4S/c1-21-14-17(13-20-21)15-22-8-4-19(5-9-22)6-10-23(11-7-19)16-18-3-2-12-24-18/h2-3,12-14H,4-11,15-16H2,1H3. The van der Waals surface area contributed by atoms with E-state index in [1.807, 2.05) is 29.3 Å². The normalized spacial score (nSPS) is 22.2. The maximum Gasteiger partial charge on any atom is 0.0534 e. The van der Waals surface area contributed by atoms with Crippen molar-refractivity contribution in [3.8, 4) is 0 Å². The second kappa shape index (κ2) is 6.98. The first-order valence-corrected chi connectivity index (χ1v) is 10.0. The molecule has 4 heterocycles. The third kappa shape index (κ3) is 3.73. The molecule has 4 rings (SSSR count). The Bertz CT molecular complexity index is 630. The predicted octanol–water partition coefficient (Wildman–Crippen LogP) is 3.36. The zero-order chi connectivity index (χ0) is 16.4. The molecule has 0 bridgehead atoms. The number of hydrogen-bond donors (Lipinski definition) is 0. The molecule has 4 nitrogen and oxygen atoms in total. The van der Waals surface area contributed by atoms with Crippen LogP contribution in [0.1, 0.15) is 36.1 Å². The molecule has 0 aliphatic carbocycles. The number of thiophene rings is 1. The lowest BCUT2D eigenvalue weighted by molar-refractivity contribution is 0.0303. The van der Waals surface area contributed by atoms with Gasteiger partial charge in [-0.15, -0.1) is 11.3 Å². The molecule has 2 fully saturated rings. The highest BCUT2D eigenvalue weighted by Crippen LogP contribution is 2.41. The van der Waals surface area contributed by atoms with Crippen LogP contribution in [0.5, 0.6) is 0 Å². The smallest absolute Gasteiger partial charge is 0.0534 e. The number of aryl methyl sites for hydroxylation is 1. The molecule has 0 radical (unpaired) electrons. The van der Waals surface area contributed by atoms with Crippen molar-refractivity contribution in [2.24, 2.45) is 12.5 Å². The fraction of sp³-hybridized carbons (Fsp3) is 0.632. The highest BCUT2D eigenvalue weighted by molar-refractivity contribution is 7.09. The largest absolute Gasteiger partial charge is 0.299 e. The first-order valence-electron chi connectivity index (χ1n) is 9.15. The molecule has 2 aromatic rings. The van der Waals surface area contributed by atoms with Crippen LogP contribution in [0.2, 0.25) is 0 Å². The van der Waals surface area contributed by atoms with Gasteiger partial charge in [0.15, 0.2) is 0 Å². The zero-order valence-electron chi connectivity index (χ0n) is 14.7. The highest BCUT2D eigenvalue weighted by Gasteiger charge is 2.37. The van der Waals surface area contributed by atoms with Gasteiger partial charge in [-0.05, 0) is 68.7 Å². The van der Waals surface area contributed by atoms with Gasteiger partial charge in [0.25, 0.3) is 0 Å². The molecule has 0 unspecified atom stereocenters. The molecule has 0 atom stereocenters. The van der Waals surface area contributed by atoms with Crippen molar-refractivity contribution in [1.29, 1.82) is 0 Å². The summed E-state index contributed by atoms with van der Waals surface area (Å²) < 4.78 is 1.91. The summed E-state index contributed by atoms with van der Waals surface area (Å²) in [6.45, 7) is 7.27. The number of likely N-dealkylation sites (tertiary alicyclic amines) is 2. The number of rotatable bonds is 4. The minimum atomic E-state index is 0.622. The molecule has 0 aromatic carbocycles. The molecule has 2 aromatic heterocycles. The zero-order valence-corrected chi connectivity index (χ0v) is 15.5. The van der Waals surface area contributed by atoms with Gasteiger partial charge in [-0.2, -0.15) is 5.10 Å².